The van der Waals surface area contributed by atoms with Gasteiger partial charge < -0.3 is 10.5 Å². The number of nitrogens with two attached hydrogens (primary N) is 1. The topological polar surface area (TPSA) is 61.0 Å². The van der Waals surface area contributed by atoms with Crippen molar-refractivity contribution >= 4 is 17.4 Å². The van der Waals surface area contributed by atoms with Crippen molar-refractivity contribution in [2.45, 2.75) is 13.3 Å². The lowest BCUT2D eigenvalue weighted by Gasteiger charge is -2.04. The van der Waals surface area contributed by atoms with Gasteiger partial charge in [-0.25, -0.2) is 9.97 Å². The zero-order valence-electron chi connectivity index (χ0n) is 7.67. The predicted octanol–water partition coefficient (Wildman–Crippen LogP) is 1.21. The number of aromatic nitrogens is 2. The standard InChI is InChI=1S/C8H12ClN3O/c1-5-7(9)11-6(3-4-13-2)12-8(5)10/h3-4H2,1-2H3,(H2,10,11,12). The first-order valence-corrected chi connectivity index (χ1v) is 4.30. The van der Waals surface area contributed by atoms with E-state index in [1.165, 1.54) is 0 Å². The van der Waals surface area contributed by atoms with Gasteiger partial charge in [0.25, 0.3) is 0 Å². The molecule has 0 spiro atoms. The Kier molecular flexibility index (Phi) is 3.45. The molecule has 72 valence electrons. The smallest absolute Gasteiger partial charge is 0.137 e. The Morgan fingerprint density at radius 2 is 2.15 bits per heavy atom. The van der Waals surface area contributed by atoms with E-state index in [-0.39, 0.29) is 0 Å². The van der Waals surface area contributed by atoms with E-state index in [9.17, 15) is 0 Å². The summed E-state index contributed by atoms with van der Waals surface area (Å²) < 4.78 is 4.89. The maximum Gasteiger partial charge on any atom is 0.137 e. The molecule has 0 atom stereocenters. The SMILES string of the molecule is COCCc1nc(N)c(C)c(Cl)n1. The molecule has 0 radical (unpaired) electrons. The van der Waals surface area contributed by atoms with Crippen LogP contribution >= 0.6 is 11.6 Å². The number of halogens is 1. The number of methoxy groups -OCH3 is 1. The van der Waals surface area contributed by atoms with Crippen LogP contribution in [0.25, 0.3) is 0 Å². The van der Waals surface area contributed by atoms with Crippen LogP contribution in [0.3, 0.4) is 0 Å². The minimum Gasteiger partial charge on any atom is -0.384 e. The van der Waals surface area contributed by atoms with Crippen molar-refractivity contribution in [3.05, 3.63) is 16.5 Å². The first kappa shape index (κ1) is 10.2. The van der Waals surface area contributed by atoms with Crippen LogP contribution < -0.4 is 5.73 Å². The lowest BCUT2D eigenvalue weighted by atomic mass is 10.3. The molecule has 0 saturated heterocycles. The second-order valence-corrected chi connectivity index (χ2v) is 3.04. The molecule has 0 fully saturated rings. The fourth-order valence-electron chi connectivity index (χ4n) is 0.856. The molecule has 0 amide bonds. The summed E-state index contributed by atoms with van der Waals surface area (Å²) in [7, 11) is 1.62. The molecule has 5 heteroatoms. The van der Waals surface area contributed by atoms with Gasteiger partial charge in [0.05, 0.1) is 6.61 Å². The Hall–Kier alpha value is -0.870. The highest BCUT2D eigenvalue weighted by atomic mass is 35.5. The van der Waals surface area contributed by atoms with E-state index in [0.29, 0.717) is 29.8 Å². The van der Waals surface area contributed by atoms with Crippen molar-refractivity contribution in [1.29, 1.82) is 0 Å². The molecule has 1 rings (SSSR count). The van der Waals surface area contributed by atoms with Crippen LogP contribution in [0.5, 0.6) is 0 Å². The first-order valence-electron chi connectivity index (χ1n) is 3.92. The van der Waals surface area contributed by atoms with E-state index in [1.54, 1.807) is 14.0 Å². The molecule has 0 aliphatic carbocycles. The Bertz CT molecular complexity index is 280. The summed E-state index contributed by atoms with van der Waals surface area (Å²) in [5.41, 5.74) is 6.34. The minimum absolute atomic E-state index is 0.415. The van der Waals surface area contributed by atoms with Gasteiger partial charge in [-0.15, -0.1) is 0 Å². The second-order valence-electron chi connectivity index (χ2n) is 2.68. The number of ether oxygens (including phenoxy) is 1. The lowest BCUT2D eigenvalue weighted by molar-refractivity contribution is 0.200. The maximum atomic E-state index is 5.83. The Morgan fingerprint density at radius 3 is 2.69 bits per heavy atom. The van der Waals surface area contributed by atoms with Crippen molar-refractivity contribution in [2.75, 3.05) is 19.5 Å². The molecule has 2 N–H and O–H groups in total. The van der Waals surface area contributed by atoms with Crippen LogP contribution in [0.1, 0.15) is 11.4 Å². The summed E-state index contributed by atoms with van der Waals surface area (Å²) in [6.45, 7) is 2.36. The normalized spacial score (nSPS) is 10.4. The van der Waals surface area contributed by atoms with E-state index in [2.05, 4.69) is 9.97 Å². The summed E-state index contributed by atoms with van der Waals surface area (Å²) >= 11 is 5.83. The van der Waals surface area contributed by atoms with Gasteiger partial charge in [-0.1, -0.05) is 11.6 Å². The Balaban J connectivity index is 2.86. The average Bonchev–Trinajstić information content (AvgIpc) is 2.10. The molecule has 0 bridgehead atoms. The van der Waals surface area contributed by atoms with Crippen LogP contribution in [-0.2, 0) is 11.2 Å². The summed E-state index contributed by atoms with van der Waals surface area (Å²) in [4.78, 5) is 8.14. The van der Waals surface area contributed by atoms with Crippen molar-refractivity contribution < 1.29 is 4.74 Å². The molecule has 1 heterocycles. The molecule has 0 aromatic carbocycles. The summed E-state index contributed by atoms with van der Waals surface area (Å²) in [6, 6.07) is 0. The zero-order chi connectivity index (χ0) is 9.84. The van der Waals surface area contributed by atoms with E-state index < -0.39 is 0 Å². The third-order valence-electron chi connectivity index (χ3n) is 1.70. The Morgan fingerprint density at radius 1 is 1.46 bits per heavy atom. The molecule has 0 saturated carbocycles. The first-order chi connectivity index (χ1) is 6.15. The summed E-state index contributed by atoms with van der Waals surface area (Å²) in [5.74, 6) is 1.06. The van der Waals surface area contributed by atoms with Crippen LogP contribution in [-0.4, -0.2) is 23.7 Å². The predicted molar refractivity (Wildman–Crippen MR) is 51.8 cm³/mol. The van der Waals surface area contributed by atoms with Gasteiger partial charge in [-0.3, -0.25) is 0 Å². The van der Waals surface area contributed by atoms with Gasteiger partial charge in [0.15, 0.2) is 0 Å². The zero-order valence-corrected chi connectivity index (χ0v) is 8.43. The number of hydrogen-bond donors (Lipinski definition) is 1. The number of nitrogen functional groups attached to an aromatic ring is 1. The Labute approximate surface area is 82.1 Å². The van der Waals surface area contributed by atoms with Gasteiger partial charge in [0.2, 0.25) is 0 Å². The molecule has 13 heavy (non-hydrogen) atoms. The van der Waals surface area contributed by atoms with E-state index >= 15 is 0 Å². The molecular formula is C8H12ClN3O. The molecular weight excluding hydrogens is 190 g/mol. The number of hydrogen-bond acceptors (Lipinski definition) is 4. The average molecular weight is 202 g/mol. The largest absolute Gasteiger partial charge is 0.384 e. The van der Waals surface area contributed by atoms with Crippen LogP contribution in [0, 0.1) is 6.92 Å². The van der Waals surface area contributed by atoms with Crippen molar-refractivity contribution in [2.24, 2.45) is 0 Å². The van der Waals surface area contributed by atoms with Crippen LogP contribution in [0.4, 0.5) is 5.82 Å². The number of nitrogens with zero attached hydrogens (tertiary/aromatic N) is 2. The highest BCUT2D eigenvalue weighted by Gasteiger charge is 2.05. The number of anilines is 1. The highest BCUT2D eigenvalue weighted by Crippen LogP contribution is 2.16. The quantitative estimate of drug-likeness (QED) is 0.747. The van der Waals surface area contributed by atoms with Gasteiger partial charge in [0.1, 0.15) is 16.8 Å². The minimum atomic E-state index is 0.415. The second kappa shape index (κ2) is 4.39. The van der Waals surface area contributed by atoms with Gasteiger partial charge in [-0.05, 0) is 6.92 Å². The van der Waals surface area contributed by atoms with Gasteiger partial charge in [0, 0.05) is 19.1 Å². The van der Waals surface area contributed by atoms with Crippen LogP contribution in [0.15, 0.2) is 0 Å². The molecule has 1 aromatic rings. The fourth-order valence-corrected chi connectivity index (χ4v) is 1.05. The van der Waals surface area contributed by atoms with E-state index in [1.807, 2.05) is 0 Å². The molecule has 4 nitrogen and oxygen atoms in total. The van der Waals surface area contributed by atoms with Crippen molar-refractivity contribution in [3.63, 3.8) is 0 Å². The third kappa shape index (κ3) is 2.54. The summed E-state index contributed by atoms with van der Waals surface area (Å²) in [6.07, 6.45) is 0.626. The third-order valence-corrected chi connectivity index (χ3v) is 2.07. The lowest BCUT2D eigenvalue weighted by Crippen LogP contribution is -2.05. The van der Waals surface area contributed by atoms with E-state index in [4.69, 9.17) is 22.1 Å². The van der Waals surface area contributed by atoms with Crippen molar-refractivity contribution in [3.8, 4) is 0 Å². The monoisotopic (exact) mass is 201 g/mol. The molecule has 1 aromatic heterocycles. The van der Waals surface area contributed by atoms with Crippen LogP contribution in [0.2, 0.25) is 5.15 Å². The molecule has 0 aliphatic heterocycles. The number of rotatable bonds is 3. The fraction of sp³-hybridized carbons (Fsp3) is 0.500. The van der Waals surface area contributed by atoms with E-state index in [0.717, 1.165) is 5.56 Å². The molecule has 0 aliphatic rings. The van der Waals surface area contributed by atoms with Gasteiger partial charge >= 0.3 is 0 Å². The van der Waals surface area contributed by atoms with Gasteiger partial charge in [-0.2, -0.15) is 0 Å². The maximum absolute atomic E-state index is 5.83. The molecule has 0 unspecified atom stereocenters. The van der Waals surface area contributed by atoms with Crippen molar-refractivity contribution in [1.82, 2.24) is 9.97 Å². The summed E-state index contributed by atoms with van der Waals surface area (Å²) in [5, 5.41) is 0.415. The highest BCUT2D eigenvalue weighted by molar-refractivity contribution is 6.30.